The smallest absolute Gasteiger partial charge is 0.298 e. The van der Waals surface area contributed by atoms with E-state index in [9.17, 15) is 9.59 Å². The Hall–Kier alpha value is -1.04. The van der Waals surface area contributed by atoms with E-state index in [1.807, 2.05) is 0 Å². The molecule has 0 radical (unpaired) electrons. The molecule has 0 saturated heterocycles. The van der Waals surface area contributed by atoms with Gasteiger partial charge in [-0.2, -0.15) is 0 Å². The molecule has 2 aliphatic carbocycles. The van der Waals surface area contributed by atoms with Crippen molar-refractivity contribution in [1.82, 2.24) is 14.8 Å². The molecule has 0 aliphatic heterocycles. The molecule has 1 unspecified atom stereocenters. The summed E-state index contributed by atoms with van der Waals surface area (Å²) < 4.78 is 1.70. The predicted octanol–water partition coefficient (Wildman–Crippen LogP) is 1.12. The first-order valence-corrected chi connectivity index (χ1v) is 6.50. The SMILES string of the molecule is O=C1CCCC1Sc1n[nH]c(=O)n1C1CC1. The Balaban J connectivity index is 1.83. The summed E-state index contributed by atoms with van der Waals surface area (Å²) in [5.74, 6) is 0.294. The van der Waals surface area contributed by atoms with Gasteiger partial charge in [-0.05, 0) is 25.7 Å². The largest absolute Gasteiger partial charge is 0.344 e. The number of nitrogens with zero attached hydrogens (tertiary/aromatic N) is 2. The van der Waals surface area contributed by atoms with E-state index in [4.69, 9.17) is 0 Å². The zero-order valence-electron chi connectivity index (χ0n) is 8.81. The number of aromatic amines is 1. The lowest BCUT2D eigenvalue weighted by molar-refractivity contribution is -0.116. The maximum absolute atomic E-state index is 11.5. The van der Waals surface area contributed by atoms with Crippen molar-refractivity contribution in [3.63, 3.8) is 0 Å². The summed E-state index contributed by atoms with van der Waals surface area (Å²) in [6.45, 7) is 0. The van der Waals surface area contributed by atoms with Crippen LogP contribution in [0.2, 0.25) is 0 Å². The minimum absolute atomic E-state index is 0.00713. The zero-order valence-corrected chi connectivity index (χ0v) is 9.63. The second kappa shape index (κ2) is 3.76. The van der Waals surface area contributed by atoms with Gasteiger partial charge < -0.3 is 0 Å². The number of thioether (sulfide) groups is 1. The fourth-order valence-electron chi connectivity index (χ4n) is 2.06. The zero-order chi connectivity index (χ0) is 11.1. The number of Topliss-reactive ketones (excluding diaryl/α,β-unsaturated/α-hetero) is 1. The van der Waals surface area contributed by atoms with E-state index in [0.717, 1.165) is 25.7 Å². The Morgan fingerprint density at radius 2 is 2.12 bits per heavy atom. The van der Waals surface area contributed by atoms with Gasteiger partial charge in [0.15, 0.2) is 5.16 Å². The van der Waals surface area contributed by atoms with Crippen LogP contribution in [0.25, 0.3) is 0 Å². The second-order valence-corrected chi connectivity index (χ2v) is 5.55. The van der Waals surface area contributed by atoms with Crippen LogP contribution < -0.4 is 5.69 Å². The quantitative estimate of drug-likeness (QED) is 0.858. The van der Waals surface area contributed by atoms with Gasteiger partial charge in [-0.1, -0.05) is 11.8 Å². The molecule has 2 fully saturated rings. The molecular weight excluding hydrogens is 226 g/mol. The molecule has 2 saturated carbocycles. The molecule has 0 aromatic carbocycles. The summed E-state index contributed by atoms with van der Waals surface area (Å²) in [6, 6.07) is 0.310. The summed E-state index contributed by atoms with van der Waals surface area (Å²) in [5.41, 5.74) is -0.143. The molecule has 3 rings (SSSR count). The Bertz CT molecular complexity index is 475. The molecule has 6 heteroatoms. The van der Waals surface area contributed by atoms with Gasteiger partial charge in [0.2, 0.25) is 0 Å². The predicted molar refractivity (Wildman–Crippen MR) is 59.6 cm³/mol. The highest BCUT2D eigenvalue weighted by Gasteiger charge is 2.32. The van der Waals surface area contributed by atoms with Gasteiger partial charge in [0, 0.05) is 12.5 Å². The maximum atomic E-state index is 11.5. The van der Waals surface area contributed by atoms with Gasteiger partial charge in [-0.15, -0.1) is 5.10 Å². The first kappa shape index (κ1) is 10.1. The van der Waals surface area contributed by atoms with Crippen LogP contribution in [-0.4, -0.2) is 25.8 Å². The van der Waals surface area contributed by atoms with Crippen LogP contribution in [0.1, 0.15) is 38.1 Å². The lowest BCUT2D eigenvalue weighted by Crippen LogP contribution is -2.17. The monoisotopic (exact) mass is 239 g/mol. The highest BCUT2D eigenvalue weighted by Crippen LogP contribution is 2.38. The second-order valence-electron chi connectivity index (χ2n) is 4.38. The normalized spacial score (nSPS) is 25.2. The first-order valence-electron chi connectivity index (χ1n) is 5.62. The van der Waals surface area contributed by atoms with E-state index >= 15 is 0 Å². The lowest BCUT2D eigenvalue weighted by atomic mass is 10.3. The van der Waals surface area contributed by atoms with Gasteiger partial charge in [0.05, 0.1) is 5.25 Å². The molecule has 0 amide bonds. The fraction of sp³-hybridized carbons (Fsp3) is 0.700. The molecule has 1 atom stereocenters. The van der Waals surface area contributed by atoms with Crippen molar-refractivity contribution < 1.29 is 4.79 Å². The third-order valence-electron chi connectivity index (χ3n) is 3.08. The van der Waals surface area contributed by atoms with Crippen molar-refractivity contribution in [1.29, 1.82) is 0 Å². The third kappa shape index (κ3) is 1.71. The van der Waals surface area contributed by atoms with Gasteiger partial charge in [-0.25, -0.2) is 9.89 Å². The fourth-order valence-corrected chi connectivity index (χ4v) is 3.30. The summed E-state index contributed by atoms with van der Waals surface area (Å²) in [4.78, 5) is 23.1. The molecular formula is C10H13N3O2S. The molecule has 5 nitrogen and oxygen atoms in total. The third-order valence-corrected chi connectivity index (χ3v) is 4.36. The minimum atomic E-state index is -0.143. The van der Waals surface area contributed by atoms with Crippen molar-refractivity contribution in [2.45, 2.75) is 48.6 Å². The van der Waals surface area contributed by atoms with E-state index in [1.54, 1.807) is 4.57 Å². The summed E-state index contributed by atoms with van der Waals surface area (Å²) >= 11 is 1.45. The van der Waals surface area contributed by atoms with Crippen LogP contribution >= 0.6 is 11.8 Å². The topological polar surface area (TPSA) is 67.8 Å². The number of carbonyl (C=O) groups is 1. The Kier molecular flexibility index (Phi) is 2.38. The van der Waals surface area contributed by atoms with Crippen molar-refractivity contribution in [3.8, 4) is 0 Å². The van der Waals surface area contributed by atoms with E-state index in [-0.39, 0.29) is 10.9 Å². The molecule has 1 aromatic rings. The van der Waals surface area contributed by atoms with Gasteiger partial charge in [0.1, 0.15) is 5.78 Å². The molecule has 0 bridgehead atoms. The van der Waals surface area contributed by atoms with E-state index in [2.05, 4.69) is 10.2 Å². The number of hydrogen-bond donors (Lipinski definition) is 1. The molecule has 86 valence electrons. The summed E-state index contributed by atoms with van der Waals surface area (Å²) in [6.07, 6.45) is 4.65. The number of carbonyl (C=O) groups excluding carboxylic acids is 1. The standard InChI is InChI=1S/C10H13N3O2S/c14-7-2-1-3-8(7)16-10-12-11-9(15)13(10)6-4-5-6/h6,8H,1-5H2,(H,11,15). The van der Waals surface area contributed by atoms with Crippen LogP contribution in [0.3, 0.4) is 0 Å². The molecule has 1 N–H and O–H groups in total. The average molecular weight is 239 g/mol. The Morgan fingerprint density at radius 1 is 1.31 bits per heavy atom. The van der Waals surface area contributed by atoms with E-state index in [0.29, 0.717) is 23.4 Å². The van der Waals surface area contributed by atoms with Crippen molar-refractivity contribution in [2.75, 3.05) is 0 Å². The highest BCUT2D eigenvalue weighted by molar-refractivity contribution is 8.00. The number of hydrogen-bond acceptors (Lipinski definition) is 4. The lowest BCUT2D eigenvalue weighted by Gasteiger charge is -2.07. The van der Waals surface area contributed by atoms with Gasteiger partial charge in [0.25, 0.3) is 0 Å². The summed E-state index contributed by atoms with van der Waals surface area (Å²) in [5, 5.41) is 7.18. The van der Waals surface area contributed by atoms with Crippen LogP contribution in [0.15, 0.2) is 9.95 Å². The minimum Gasteiger partial charge on any atom is -0.298 e. The number of ketones is 1. The highest BCUT2D eigenvalue weighted by atomic mass is 32.2. The molecule has 16 heavy (non-hydrogen) atoms. The molecule has 2 aliphatic rings. The molecule has 1 heterocycles. The maximum Gasteiger partial charge on any atom is 0.344 e. The summed E-state index contributed by atoms with van der Waals surface area (Å²) in [7, 11) is 0. The van der Waals surface area contributed by atoms with Gasteiger partial charge >= 0.3 is 5.69 Å². The average Bonchev–Trinajstić information content (AvgIpc) is 2.92. The first-order chi connectivity index (χ1) is 7.75. The molecule has 1 aromatic heterocycles. The van der Waals surface area contributed by atoms with Crippen LogP contribution in [0, 0.1) is 0 Å². The van der Waals surface area contributed by atoms with Gasteiger partial charge in [-0.3, -0.25) is 9.36 Å². The van der Waals surface area contributed by atoms with Crippen molar-refractivity contribution in [3.05, 3.63) is 10.5 Å². The number of rotatable bonds is 3. The van der Waals surface area contributed by atoms with Crippen molar-refractivity contribution >= 4 is 17.5 Å². The number of H-pyrrole nitrogens is 1. The molecule has 0 spiro atoms. The number of aromatic nitrogens is 3. The Morgan fingerprint density at radius 3 is 2.75 bits per heavy atom. The van der Waals surface area contributed by atoms with Crippen molar-refractivity contribution in [2.24, 2.45) is 0 Å². The van der Waals surface area contributed by atoms with Crippen LogP contribution in [0.4, 0.5) is 0 Å². The van der Waals surface area contributed by atoms with Crippen LogP contribution in [-0.2, 0) is 4.79 Å². The Labute approximate surface area is 96.6 Å². The van der Waals surface area contributed by atoms with E-state index in [1.165, 1.54) is 11.8 Å². The van der Waals surface area contributed by atoms with E-state index < -0.39 is 0 Å². The number of nitrogens with one attached hydrogen (secondary N) is 1. The van der Waals surface area contributed by atoms with Crippen LogP contribution in [0.5, 0.6) is 0 Å².